The molecule has 1 aliphatic rings. The Labute approximate surface area is 113 Å². The molecule has 3 rings (SSSR count). The van der Waals surface area contributed by atoms with E-state index in [4.69, 9.17) is 0 Å². The molecule has 4 heteroatoms. The molecule has 1 aromatic carbocycles. The van der Waals surface area contributed by atoms with Gasteiger partial charge in [0.1, 0.15) is 0 Å². The Morgan fingerprint density at radius 2 is 2.32 bits per heavy atom. The molecule has 2 heterocycles. The second-order valence-electron chi connectivity index (χ2n) is 5.25. The van der Waals surface area contributed by atoms with E-state index in [0.717, 1.165) is 12.0 Å². The van der Waals surface area contributed by atoms with E-state index >= 15 is 0 Å². The maximum atomic E-state index is 9.42. The molecule has 0 saturated carbocycles. The first-order valence-corrected chi connectivity index (χ1v) is 6.66. The third-order valence-corrected chi connectivity index (χ3v) is 3.85. The maximum absolute atomic E-state index is 9.42. The predicted molar refractivity (Wildman–Crippen MR) is 74.8 cm³/mol. The van der Waals surface area contributed by atoms with Crippen molar-refractivity contribution >= 4 is 0 Å². The van der Waals surface area contributed by atoms with Gasteiger partial charge in [0, 0.05) is 30.9 Å². The topological polar surface area (TPSA) is 50.1 Å². The first kappa shape index (κ1) is 12.4. The number of nitrogens with one attached hydrogen (secondary N) is 1. The summed E-state index contributed by atoms with van der Waals surface area (Å²) >= 11 is 0. The number of rotatable bonds is 2. The molecule has 100 valence electrons. The summed E-state index contributed by atoms with van der Waals surface area (Å²) in [4.78, 5) is 0. The Morgan fingerprint density at radius 1 is 1.47 bits per heavy atom. The third kappa shape index (κ3) is 2.17. The maximum Gasteiger partial charge on any atom is 0.0588 e. The lowest BCUT2D eigenvalue weighted by Crippen LogP contribution is -2.40. The molecule has 0 fully saturated rings. The van der Waals surface area contributed by atoms with Crippen molar-refractivity contribution in [1.82, 2.24) is 15.1 Å². The van der Waals surface area contributed by atoms with E-state index < -0.39 is 0 Å². The van der Waals surface area contributed by atoms with E-state index in [1.54, 1.807) is 0 Å². The Kier molecular flexibility index (Phi) is 3.12. The van der Waals surface area contributed by atoms with E-state index in [9.17, 15) is 5.11 Å². The van der Waals surface area contributed by atoms with Gasteiger partial charge < -0.3 is 10.4 Å². The number of aliphatic hydroxyl groups excluding tert-OH is 1. The minimum absolute atomic E-state index is 0.139. The van der Waals surface area contributed by atoms with E-state index in [1.165, 1.54) is 16.7 Å². The molecule has 2 aromatic rings. The summed E-state index contributed by atoms with van der Waals surface area (Å²) in [6.45, 7) is 2.32. The van der Waals surface area contributed by atoms with E-state index in [-0.39, 0.29) is 18.7 Å². The smallest absolute Gasteiger partial charge is 0.0588 e. The zero-order valence-electron chi connectivity index (χ0n) is 11.3. The van der Waals surface area contributed by atoms with Gasteiger partial charge in [-0.2, -0.15) is 5.10 Å². The zero-order valence-corrected chi connectivity index (χ0v) is 11.3. The highest BCUT2D eigenvalue weighted by Crippen LogP contribution is 2.33. The van der Waals surface area contributed by atoms with Crippen molar-refractivity contribution in [1.29, 1.82) is 0 Å². The van der Waals surface area contributed by atoms with E-state index in [0.29, 0.717) is 0 Å². The van der Waals surface area contributed by atoms with Crippen LogP contribution in [0.15, 0.2) is 30.6 Å². The van der Waals surface area contributed by atoms with Crippen LogP contribution in [0.2, 0.25) is 0 Å². The van der Waals surface area contributed by atoms with Crippen LogP contribution in [-0.2, 0) is 13.5 Å². The van der Waals surface area contributed by atoms with E-state index in [2.05, 4.69) is 35.5 Å². The Morgan fingerprint density at radius 3 is 3.00 bits per heavy atom. The highest BCUT2D eigenvalue weighted by atomic mass is 16.3. The summed E-state index contributed by atoms with van der Waals surface area (Å²) in [6.07, 6.45) is 4.80. The number of nitrogens with zero attached hydrogens (tertiary/aromatic N) is 2. The summed E-state index contributed by atoms with van der Waals surface area (Å²) < 4.78 is 1.82. The molecule has 4 nitrogen and oxygen atoms in total. The van der Waals surface area contributed by atoms with Crippen LogP contribution < -0.4 is 5.32 Å². The molecule has 1 aliphatic heterocycles. The van der Waals surface area contributed by atoms with Crippen molar-refractivity contribution in [2.75, 3.05) is 6.61 Å². The molecular formula is C15H19N3O. The van der Waals surface area contributed by atoms with Crippen LogP contribution in [0.1, 0.15) is 24.1 Å². The molecule has 0 bridgehead atoms. The van der Waals surface area contributed by atoms with Gasteiger partial charge in [-0.05, 0) is 30.0 Å². The lowest BCUT2D eigenvalue weighted by Gasteiger charge is -2.31. The summed E-state index contributed by atoms with van der Waals surface area (Å²) in [5.41, 5.74) is 5.04. The first-order chi connectivity index (χ1) is 9.19. The molecule has 0 saturated heterocycles. The third-order valence-electron chi connectivity index (χ3n) is 3.85. The average Bonchev–Trinajstić information content (AvgIpc) is 2.84. The van der Waals surface area contributed by atoms with Crippen LogP contribution >= 0.6 is 0 Å². The van der Waals surface area contributed by atoms with Gasteiger partial charge in [0.15, 0.2) is 0 Å². The van der Waals surface area contributed by atoms with Crippen LogP contribution in [0.4, 0.5) is 0 Å². The standard InChI is InChI=1S/C15H19N3O/c1-10-13-4-3-5-14(11-7-16-18(2)8-11)15(13)6-12(9-19)17-10/h3-5,7-8,10,12,17,19H,6,9H2,1-2H3/t10-,12+/m0/s1. The van der Waals surface area contributed by atoms with Crippen LogP contribution in [0.5, 0.6) is 0 Å². The number of benzene rings is 1. The van der Waals surface area contributed by atoms with Crippen molar-refractivity contribution in [2.24, 2.45) is 7.05 Å². The molecule has 0 aliphatic carbocycles. The highest BCUT2D eigenvalue weighted by Gasteiger charge is 2.25. The fraction of sp³-hybridized carbons (Fsp3) is 0.400. The van der Waals surface area contributed by atoms with Gasteiger partial charge in [-0.25, -0.2) is 0 Å². The number of hydrogen-bond donors (Lipinski definition) is 2. The zero-order chi connectivity index (χ0) is 13.4. The molecule has 0 amide bonds. The predicted octanol–water partition coefficient (Wildman–Crippen LogP) is 1.65. The Balaban J connectivity index is 2.10. The number of aromatic nitrogens is 2. The van der Waals surface area contributed by atoms with Crippen molar-refractivity contribution < 1.29 is 5.11 Å². The quantitative estimate of drug-likeness (QED) is 0.860. The van der Waals surface area contributed by atoms with E-state index in [1.807, 2.05) is 24.1 Å². The molecule has 2 N–H and O–H groups in total. The van der Waals surface area contributed by atoms with Gasteiger partial charge in [0.2, 0.25) is 0 Å². The molecule has 1 aromatic heterocycles. The summed E-state index contributed by atoms with van der Waals surface area (Å²) in [5.74, 6) is 0. The number of fused-ring (bicyclic) bond motifs is 1. The van der Waals surface area contributed by atoms with Crippen LogP contribution in [0.25, 0.3) is 11.1 Å². The van der Waals surface area contributed by atoms with Gasteiger partial charge in [0.25, 0.3) is 0 Å². The van der Waals surface area contributed by atoms with Crippen molar-refractivity contribution in [3.05, 3.63) is 41.7 Å². The molecule has 19 heavy (non-hydrogen) atoms. The van der Waals surface area contributed by atoms with Crippen molar-refractivity contribution in [2.45, 2.75) is 25.4 Å². The Hall–Kier alpha value is -1.65. The normalized spacial score (nSPS) is 22.3. The fourth-order valence-corrected chi connectivity index (χ4v) is 2.93. The number of hydrogen-bond acceptors (Lipinski definition) is 3. The average molecular weight is 257 g/mol. The van der Waals surface area contributed by atoms with Gasteiger partial charge in [-0.15, -0.1) is 0 Å². The fourth-order valence-electron chi connectivity index (χ4n) is 2.93. The largest absolute Gasteiger partial charge is 0.395 e. The van der Waals surface area contributed by atoms with Crippen LogP contribution in [-0.4, -0.2) is 27.5 Å². The number of aryl methyl sites for hydroxylation is 1. The summed E-state index contributed by atoms with van der Waals surface area (Å²) in [6, 6.07) is 6.82. The SMILES string of the molecule is C[C@@H]1N[C@@H](CO)Cc2c(-c3cnn(C)c3)cccc21. The Bertz CT molecular complexity index is 591. The second-order valence-corrected chi connectivity index (χ2v) is 5.25. The number of aliphatic hydroxyl groups is 1. The molecular weight excluding hydrogens is 238 g/mol. The molecule has 0 spiro atoms. The van der Waals surface area contributed by atoms with Gasteiger partial charge in [0.05, 0.1) is 12.8 Å². The lowest BCUT2D eigenvalue weighted by molar-refractivity contribution is 0.226. The van der Waals surface area contributed by atoms with Crippen molar-refractivity contribution in [3.63, 3.8) is 0 Å². The minimum Gasteiger partial charge on any atom is -0.395 e. The monoisotopic (exact) mass is 257 g/mol. The molecule has 0 unspecified atom stereocenters. The van der Waals surface area contributed by atoms with Gasteiger partial charge in [-0.1, -0.05) is 18.2 Å². The summed E-state index contributed by atoms with van der Waals surface area (Å²) in [7, 11) is 1.93. The summed E-state index contributed by atoms with van der Waals surface area (Å²) in [5, 5.41) is 17.1. The van der Waals surface area contributed by atoms with Gasteiger partial charge in [-0.3, -0.25) is 4.68 Å². The molecule has 2 atom stereocenters. The second kappa shape index (κ2) is 4.79. The lowest BCUT2D eigenvalue weighted by atomic mass is 9.86. The highest BCUT2D eigenvalue weighted by molar-refractivity contribution is 5.68. The van der Waals surface area contributed by atoms with Crippen LogP contribution in [0.3, 0.4) is 0 Å². The van der Waals surface area contributed by atoms with Crippen molar-refractivity contribution in [3.8, 4) is 11.1 Å². The van der Waals surface area contributed by atoms with Gasteiger partial charge >= 0.3 is 0 Å². The first-order valence-electron chi connectivity index (χ1n) is 6.66. The minimum atomic E-state index is 0.139. The van der Waals surface area contributed by atoms with Crippen LogP contribution in [0, 0.1) is 0 Å². The molecule has 0 radical (unpaired) electrons.